The smallest absolute Gasteiger partial charge is 0.257 e. The number of ether oxygens (including phenoxy) is 2. The first kappa shape index (κ1) is 18.8. The number of methoxy groups -OCH3 is 1. The van der Waals surface area contributed by atoms with Gasteiger partial charge >= 0.3 is 0 Å². The van der Waals surface area contributed by atoms with Crippen molar-refractivity contribution in [2.45, 2.75) is 20.4 Å². The Balaban J connectivity index is 1.67. The number of rotatable bonds is 8. The summed E-state index contributed by atoms with van der Waals surface area (Å²) in [4.78, 5) is 21.3. The monoisotopic (exact) mass is 368 g/mol. The summed E-state index contributed by atoms with van der Waals surface area (Å²) in [7, 11) is 1.63. The van der Waals surface area contributed by atoms with Crippen LogP contribution in [0.5, 0.6) is 5.75 Å². The highest BCUT2D eigenvalue weighted by Crippen LogP contribution is 2.18. The maximum absolute atomic E-state index is 12.5. The molecule has 27 heavy (non-hydrogen) atoms. The van der Waals surface area contributed by atoms with Gasteiger partial charge in [-0.2, -0.15) is 0 Å². The van der Waals surface area contributed by atoms with Crippen molar-refractivity contribution in [2.24, 2.45) is 5.92 Å². The lowest BCUT2D eigenvalue weighted by Crippen LogP contribution is -2.12. The van der Waals surface area contributed by atoms with Crippen molar-refractivity contribution in [2.75, 3.05) is 25.6 Å². The SMILES string of the molecule is COCCOc1ccc(NC(=O)c2cnc3c(c2)ncn3CC(C)C)cc1. The van der Waals surface area contributed by atoms with E-state index in [1.54, 1.807) is 50.0 Å². The predicted octanol–water partition coefficient (Wildman–Crippen LogP) is 3.36. The van der Waals surface area contributed by atoms with E-state index in [1.807, 2.05) is 4.57 Å². The number of anilines is 1. The van der Waals surface area contributed by atoms with Gasteiger partial charge in [0.05, 0.1) is 18.5 Å². The van der Waals surface area contributed by atoms with Gasteiger partial charge < -0.3 is 19.4 Å². The number of imidazole rings is 1. The first-order valence-electron chi connectivity index (χ1n) is 8.91. The van der Waals surface area contributed by atoms with Gasteiger partial charge in [-0.15, -0.1) is 0 Å². The number of amides is 1. The van der Waals surface area contributed by atoms with Crippen molar-refractivity contribution in [1.29, 1.82) is 0 Å². The Morgan fingerprint density at radius 1 is 1.19 bits per heavy atom. The molecule has 0 aliphatic carbocycles. The first-order chi connectivity index (χ1) is 13.1. The third-order valence-corrected chi connectivity index (χ3v) is 3.95. The van der Waals surface area contributed by atoms with Gasteiger partial charge in [-0.25, -0.2) is 9.97 Å². The lowest BCUT2D eigenvalue weighted by atomic mass is 10.2. The van der Waals surface area contributed by atoms with Gasteiger partial charge in [0.25, 0.3) is 5.91 Å². The molecule has 1 amide bonds. The summed E-state index contributed by atoms with van der Waals surface area (Å²) in [6, 6.07) is 8.96. The van der Waals surface area contributed by atoms with E-state index < -0.39 is 0 Å². The third kappa shape index (κ3) is 4.83. The van der Waals surface area contributed by atoms with E-state index in [4.69, 9.17) is 9.47 Å². The van der Waals surface area contributed by atoms with E-state index in [0.717, 1.165) is 17.9 Å². The quantitative estimate of drug-likeness (QED) is 0.617. The summed E-state index contributed by atoms with van der Waals surface area (Å²) >= 11 is 0. The molecule has 0 saturated carbocycles. The molecule has 142 valence electrons. The molecule has 7 heteroatoms. The molecule has 7 nitrogen and oxygen atoms in total. The Morgan fingerprint density at radius 3 is 2.67 bits per heavy atom. The zero-order valence-electron chi connectivity index (χ0n) is 15.8. The van der Waals surface area contributed by atoms with Crippen LogP contribution in [0.2, 0.25) is 0 Å². The molecule has 0 unspecified atom stereocenters. The summed E-state index contributed by atoms with van der Waals surface area (Å²) < 4.78 is 12.5. The van der Waals surface area contributed by atoms with Crippen LogP contribution in [0.25, 0.3) is 11.2 Å². The van der Waals surface area contributed by atoms with Crippen LogP contribution >= 0.6 is 0 Å². The molecule has 0 aliphatic rings. The van der Waals surface area contributed by atoms with Gasteiger partial charge in [0, 0.05) is 25.5 Å². The van der Waals surface area contributed by atoms with E-state index in [9.17, 15) is 4.79 Å². The number of hydrogen-bond donors (Lipinski definition) is 1. The van der Waals surface area contributed by atoms with Gasteiger partial charge in [0.2, 0.25) is 0 Å². The predicted molar refractivity (Wildman–Crippen MR) is 104 cm³/mol. The standard InChI is InChI=1S/C20H24N4O3/c1-14(2)12-24-13-22-18-10-15(11-21-19(18)24)20(25)23-16-4-6-17(7-5-16)27-9-8-26-3/h4-7,10-11,13-14H,8-9,12H2,1-3H3,(H,23,25). The van der Waals surface area contributed by atoms with Crippen molar-refractivity contribution >= 4 is 22.8 Å². The van der Waals surface area contributed by atoms with Crippen molar-refractivity contribution in [3.63, 3.8) is 0 Å². The highest BCUT2D eigenvalue weighted by atomic mass is 16.5. The van der Waals surface area contributed by atoms with Gasteiger partial charge in [-0.05, 0) is 36.2 Å². The summed E-state index contributed by atoms with van der Waals surface area (Å²) in [6.45, 7) is 6.13. The number of nitrogens with one attached hydrogen (secondary N) is 1. The summed E-state index contributed by atoms with van der Waals surface area (Å²) in [5, 5.41) is 2.86. The molecule has 1 N–H and O–H groups in total. The minimum absolute atomic E-state index is 0.226. The van der Waals surface area contributed by atoms with Crippen LogP contribution in [-0.2, 0) is 11.3 Å². The highest BCUT2D eigenvalue weighted by Gasteiger charge is 2.11. The van der Waals surface area contributed by atoms with Crippen LogP contribution in [0.1, 0.15) is 24.2 Å². The van der Waals surface area contributed by atoms with Crippen molar-refractivity contribution in [3.8, 4) is 5.75 Å². The highest BCUT2D eigenvalue weighted by molar-refractivity contribution is 6.05. The van der Waals surface area contributed by atoms with Crippen LogP contribution < -0.4 is 10.1 Å². The molecule has 0 fully saturated rings. The maximum atomic E-state index is 12.5. The van der Waals surface area contributed by atoms with Crippen LogP contribution in [0.15, 0.2) is 42.9 Å². The molecule has 3 rings (SSSR count). The zero-order valence-corrected chi connectivity index (χ0v) is 15.8. The lowest BCUT2D eigenvalue weighted by molar-refractivity contribution is 0.102. The number of hydrogen-bond acceptors (Lipinski definition) is 5. The van der Waals surface area contributed by atoms with E-state index in [1.165, 1.54) is 0 Å². The summed E-state index contributed by atoms with van der Waals surface area (Å²) in [5.41, 5.74) is 2.66. The Morgan fingerprint density at radius 2 is 1.96 bits per heavy atom. The molecule has 2 heterocycles. The number of carbonyl (C=O) groups excluding carboxylic acids is 1. The minimum Gasteiger partial charge on any atom is -0.491 e. The van der Waals surface area contributed by atoms with Crippen LogP contribution in [0, 0.1) is 5.92 Å². The molecule has 2 aromatic heterocycles. The Kier molecular flexibility index (Phi) is 6.03. The molecule has 0 spiro atoms. The Hall–Kier alpha value is -2.93. The number of benzene rings is 1. The molecular weight excluding hydrogens is 344 g/mol. The van der Waals surface area contributed by atoms with Crippen molar-refractivity contribution in [3.05, 3.63) is 48.4 Å². The molecule has 0 atom stereocenters. The van der Waals surface area contributed by atoms with Gasteiger partial charge in [-0.1, -0.05) is 13.8 Å². The fourth-order valence-corrected chi connectivity index (χ4v) is 2.68. The summed E-state index contributed by atoms with van der Waals surface area (Å²) in [6.07, 6.45) is 3.35. The number of nitrogens with zero attached hydrogens (tertiary/aromatic N) is 3. The van der Waals surface area contributed by atoms with E-state index in [0.29, 0.717) is 35.9 Å². The Bertz CT molecular complexity index is 903. The Labute approximate surface area is 158 Å². The average molecular weight is 368 g/mol. The second kappa shape index (κ2) is 8.64. The van der Waals surface area contributed by atoms with Gasteiger partial charge in [0.15, 0.2) is 5.65 Å². The van der Waals surface area contributed by atoms with Crippen molar-refractivity contribution in [1.82, 2.24) is 14.5 Å². The largest absolute Gasteiger partial charge is 0.491 e. The van der Waals surface area contributed by atoms with E-state index in [-0.39, 0.29) is 5.91 Å². The third-order valence-electron chi connectivity index (χ3n) is 3.95. The first-order valence-corrected chi connectivity index (χ1v) is 8.91. The van der Waals surface area contributed by atoms with E-state index >= 15 is 0 Å². The lowest BCUT2D eigenvalue weighted by Gasteiger charge is -2.09. The number of carbonyl (C=O) groups is 1. The fourth-order valence-electron chi connectivity index (χ4n) is 2.68. The molecule has 3 aromatic rings. The van der Waals surface area contributed by atoms with Crippen LogP contribution in [0.3, 0.4) is 0 Å². The second-order valence-corrected chi connectivity index (χ2v) is 6.68. The maximum Gasteiger partial charge on any atom is 0.257 e. The number of aromatic nitrogens is 3. The van der Waals surface area contributed by atoms with Gasteiger partial charge in [-0.3, -0.25) is 4.79 Å². The van der Waals surface area contributed by atoms with Gasteiger partial charge in [0.1, 0.15) is 17.9 Å². The van der Waals surface area contributed by atoms with Crippen LogP contribution in [-0.4, -0.2) is 40.8 Å². The fraction of sp³-hybridized carbons (Fsp3) is 0.350. The molecule has 1 aromatic carbocycles. The normalized spacial score (nSPS) is 11.1. The number of pyridine rings is 1. The van der Waals surface area contributed by atoms with Crippen molar-refractivity contribution < 1.29 is 14.3 Å². The molecule has 0 bridgehead atoms. The molecule has 0 aliphatic heterocycles. The second-order valence-electron chi connectivity index (χ2n) is 6.68. The summed E-state index contributed by atoms with van der Waals surface area (Å²) in [5.74, 6) is 0.994. The molecular formula is C20H24N4O3. The molecule has 0 radical (unpaired) electrons. The minimum atomic E-state index is -0.226. The average Bonchev–Trinajstić information content (AvgIpc) is 3.05. The topological polar surface area (TPSA) is 78.3 Å². The molecule has 0 saturated heterocycles. The van der Waals surface area contributed by atoms with Crippen LogP contribution in [0.4, 0.5) is 5.69 Å². The zero-order chi connectivity index (χ0) is 19.2. The number of fused-ring (bicyclic) bond motifs is 1. The van der Waals surface area contributed by atoms with E-state index in [2.05, 4.69) is 29.1 Å².